The van der Waals surface area contributed by atoms with Gasteiger partial charge in [0.25, 0.3) is 0 Å². The van der Waals surface area contributed by atoms with Gasteiger partial charge in [0.2, 0.25) is 0 Å². The summed E-state index contributed by atoms with van der Waals surface area (Å²) in [4.78, 5) is 14.1. The highest BCUT2D eigenvalue weighted by Crippen LogP contribution is 2.21. The van der Waals surface area contributed by atoms with Gasteiger partial charge in [0.05, 0.1) is 0 Å². The summed E-state index contributed by atoms with van der Waals surface area (Å²) in [6.07, 6.45) is 2.11. The fourth-order valence-electron chi connectivity index (χ4n) is 3.83. The van der Waals surface area contributed by atoms with Crippen LogP contribution in [0.15, 0.2) is 63.8 Å². The van der Waals surface area contributed by atoms with Crippen LogP contribution in [0.3, 0.4) is 0 Å². The lowest BCUT2D eigenvalue weighted by Gasteiger charge is -2.33. The molecule has 3 aromatic rings. The standard InChI is InChI=1S/C23H25N3O2S/c1-16-13-22(27)28-21-14-19(7-8-20(16)21)25-23(29)24-18-9-11-26(12-10-18)15-17-5-3-2-4-6-17/h2-8,13-14,18H,9-12,15H2,1H3,(H2,24,25,29). The maximum absolute atomic E-state index is 11.6. The number of fused-ring (bicyclic) bond motifs is 1. The van der Waals surface area contributed by atoms with Crippen molar-refractivity contribution in [1.29, 1.82) is 0 Å². The largest absolute Gasteiger partial charge is 0.423 e. The van der Waals surface area contributed by atoms with E-state index < -0.39 is 0 Å². The molecule has 5 nitrogen and oxygen atoms in total. The number of hydrogen-bond donors (Lipinski definition) is 2. The molecule has 0 unspecified atom stereocenters. The van der Waals surface area contributed by atoms with Gasteiger partial charge >= 0.3 is 5.63 Å². The number of likely N-dealkylation sites (tertiary alicyclic amines) is 1. The predicted molar refractivity (Wildman–Crippen MR) is 121 cm³/mol. The summed E-state index contributed by atoms with van der Waals surface area (Å²) in [6.45, 7) is 5.01. The number of piperidine rings is 1. The molecule has 0 atom stereocenters. The van der Waals surface area contributed by atoms with E-state index in [0.29, 0.717) is 16.7 Å². The van der Waals surface area contributed by atoms with Crippen LogP contribution in [-0.2, 0) is 6.54 Å². The van der Waals surface area contributed by atoms with E-state index in [-0.39, 0.29) is 5.63 Å². The van der Waals surface area contributed by atoms with Crippen LogP contribution in [0.4, 0.5) is 5.69 Å². The highest BCUT2D eigenvalue weighted by molar-refractivity contribution is 7.80. The Morgan fingerprint density at radius 2 is 1.90 bits per heavy atom. The van der Waals surface area contributed by atoms with Crippen molar-refractivity contribution in [3.8, 4) is 0 Å². The summed E-state index contributed by atoms with van der Waals surface area (Å²) in [7, 11) is 0. The van der Waals surface area contributed by atoms with Gasteiger partial charge in [-0.1, -0.05) is 30.3 Å². The normalized spacial score (nSPS) is 15.3. The first kappa shape index (κ1) is 19.6. The average molecular weight is 408 g/mol. The van der Waals surface area contributed by atoms with E-state index in [2.05, 4.69) is 45.9 Å². The molecule has 2 aromatic carbocycles. The van der Waals surface area contributed by atoms with E-state index in [1.54, 1.807) is 0 Å². The second-order valence-corrected chi connectivity index (χ2v) is 8.00. The number of nitrogens with zero attached hydrogens (tertiary/aromatic N) is 1. The Morgan fingerprint density at radius 1 is 1.14 bits per heavy atom. The molecule has 0 amide bonds. The van der Waals surface area contributed by atoms with Crippen LogP contribution in [-0.4, -0.2) is 29.1 Å². The Bertz CT molecular complexity index is 1060. The van der Waals surface area contributed by atoms with E-state index in [0.717, 1.165) is 49.1 Å². The van der Waals surface area contributed by atoms with Crippen LogP contribution >= 0.6 is 12.2 Å². The SMILES string of the molecule is Cc1cc(=O)oc2cc(NC(=S)NC3CCN(Cc4ccccc4)CC3)ccc12. The van der Waals surface area contributed by atoms with E-state index in [4.69, 9.17) is 16.6 Å². The molecule has 0 radical (unpaired) electrons. The van der Waals surface area contributed by atoms with Crippen molar-refractivity contribution in [1.82, 2.24) is 10.2 Å². The first-order valence-corrected chi connectivity index (χ1v) is 10.4. The van der Waals surface area contributed by atoms with Gasteiger partial charge in [0.1, 0.15) is 5.58 Å². The van der Waals surface area contributed by atoms with E-state index >= 15 is 0 Å². The third-order valence-electron chi connectivity index (χ3n) is 5.38. The first-order valence-electron chi connectivity index (χ1n) is 9.95. The summed E-state index contributed by atoms with van der Waals surface area (Å²) in [5.74, 6) is 0. The molecule has 1 fully saturated rings. The van der Waals surface area contributed by atoms with Gasteiger partial charge in [-0.05, 0) is 55.2 Å². The van der Waals surface area contributed by atoms with E-state index in [9.17, 15) is 4.79 Å². The summed E-state index contributed by atoms with van der Waals surface area (Å²) in [5, 5.41) is 8.17. The van der Waals surface area contributed by atoms with Gasteiger partial charge in [-0.15, -0.1) is 0 Å². The zero-order chi connectivity index (χ0) is 20.2. The molecule has 1 aromatic heterocycles. The minimum atomic E-state index is -0.338. The van der Waals surface area contributed by atoms with Crippen molar-refractivity contribution in [2.45, 2.75) is 32.4 Å². The Labute approximate surface area is 175 Å². The second-order valence-electron chi connectivity index (χ2n) is 7.59. The summed E-state index contributed by atoms with van der Waals surface area (Å²) in [5.41, 5.74) is 3.30. The number of aryl methyl sites for hydroxylation is 1. The second kappa shape index (κ2) is 8.76. The fourth-order valence-corrected chi connectivity index (χ4v) is 4.12. The molecule has 1 aliphatic rings. The molecule has 150 valence electrons. The third-order valence-corrected chi connectivity index (χ3v) is 5.60. The van der Waals surface area contributed by atoms with Crippen LogP contribution in [0, 0.1) is 6.92 Å². The molecule has 2 N–H and O–H groups in total. The number of thiocarbonyl (C=S) groups is 1. The molecule has 6 heteroatoms. The van der Waals surface area contributed by atoms with Crippen LogP contribution in [0.5, 0.6) is 0 Å². The summed E-state index contributed by atoms with van der Waals surface area (Å²) in [6, 6.07) is 18.2. The van der Waals surface area contributed by atoms with Crippen molar-refractivity contribution >= 4 is 34.0 Å². The molecule has 0 saturated carbocycles. The first-order chi connectivity index (χ1) is 14.1. The topological polar surface area (TPSA) is 57.5 Å². The Morgan fingerprint density at radius 3 is 2.66 bits per heavy atom. The Kier molecular flexibility index (Phi) is 5.92. The molecule has 29 heavy (non-hydrogen) atoms. The van der Waals surface area contributed by atoms with Crippen molar-refractivity contribution in [2.75, 3.05) is 18.4 Å². The Hall–Kier alpha value is -2.70. The average Bonchev–Trinajstić information content (AvgIpc) is 2.70. The van der Waals surface area contributed by atoms with Crippen LogP contribution in [0.25, 0.3) is 11.0 Å². The number of benzene rings is 2. The quantitative estimate of drug-likeness (QED) is 0.503. The van der Waals surface area contributed by atoms with Gasteiger partial charge in [-0.3, -0.25) is 4.90 Å². The smallest absolute Gasteiger partial charge is 0.336 e. The zero-order valence-corrected chi connectivity index (χ0v) is 17.3. The fraction of sp³-hybridized carbons (Fsp3) is 0.304. The van der Waals surface area contributed by atoms with Crippen LogP contribution in [0.1, 0.15) is 24.0 Å². The lowest BCUT2D eigenvalue weighted by molar-refractivity contribution is 0.199. The minimum Gasteiger partial charge on any atom is -0.423 e. The molecule has 1 aliphatic heterocycles. The van der Waals surface area contributed by atoms with Crippen molar-refractivity contribution in [3.05, 3.63) is 76.1 Å². The van der Waals surface area contributed by atoms with Gasteiger partial charge in [0, 0.05) is 48.9 Å². The van der Waals surface area contributed by atoms with Crippen LogP contribution < -0.4 is 16.3 Å². The minimum absolute atomic E-state index is 0.338. The van der Waals surface area contributed by atoms with Crippen molar-refractivity contribution in [3.63, 3.8) is 0 Å². The van der Waals surface area contributed by atoms with Gasteiger partial charge in [-0.25, -0.2) is 4.79 Å². The van der Waals surface area contributed by atoms with Gasteiger partial charge in [0.15, 0.2) is 5.11 Å². The molecular weight excluding hydrogens is 382 g/mol. The number of rotatable bonds is 4. The molecule has 1 saturated heterocycles. The molecule has 0 aliphatic carbocycles. The molecule has 2 heterocycles. The highest BCUT2D eigenvalue weighted by atomic mass is 32.1. The lowest BCUT2D eigenvalue weighted by atomic mass is 10.0. The number of anilines is 1. The molecular formula is C23H25N3O2S. The van der Waals surface area contributed by atoms with Crippen LogP contribution in [0.2, 0.25) is 0 Å². The molecule has 4 rings (SSSR count). The number of nitrogens with one attached hydrogen (secondary N) is 2. The highest BCUT2D eigenvalue weighted by Gasteiger charge is 2.19. The number of hydrogen-bond acceptors (Lipinski definition) is 4. The predicted octanol–water partition coefficient (Wildman–Crippen LogP) is 4.05. The van der Waals surface area contributed by atoms with Crippen molar-refractivity contribution < 1.29 is 4.42 Å². The molecule has 0 bridgehead atoms. The lowest BCUT2D eigenvalue weighted by Crippen LogP contribution is -2.45. The third kappa shape index (κ3) is 5.02. The van der Waals surface area contributed by atoms with E-state index in [1.807, 2.05) is 25.1 Å². The molecule has 0 spiro atoms. The zero-order valence-electron chi connectivity index (χ0n) is 16.5. The Balaban J connectivity index is 1.30. The monoisotopic (exact) mass is 407 g/mol. The maximum Gasteiger partial charge on any atom is 0.336 e. The van der Waals surface area contributed by atoms with Gasteiger partial charge in [-0.2, -0.15) is 0 Å². The summed E-state index contributed by atoms with van der Waals surface area (Å²) < 4.78 is 5.31. The van der Waals surface area contributed by atoms with Gasteiger partial charge < -0.3 is 15.1 Å². The van der Waals surface area contributed by atoms with E-state index in [1.165, 1.54) is 11.6 Å². The maximum atomic E-state index is 11.6. The summed E-state index contributed by atoms with van der Waals surface area (Å²) >= 11 is 5.50. The van der Waals surface area contributed by atoms with Crippen molar-refractivity contribution in [2.24, 2.45) is 0 Å².